The Kier molecular flexibility index (Phi) is 5.37. The van der Waals surface area contributed by atoms with Gasteiger partial charge in [-0.3, -0.25) is 9.59 Å². The fourth-order valence-corrected chi connectivity index (χ4v) is 3.59. The number of hydrogen-bond donors (Lipinski definition) is 2. The molecule has 0 atom stereocenters. The molecule has 2 aliphatic heterocycles. The normalized spacial score (nSPS) is 16.3. The number of ether oxygens (including phenoxy) is 2. The van der Waals surface area contributed by atoms with E-state index < -0.39 is 11.7 Å². The molecular weight excluding hydrogens is 393 g/mol. The van der Waals surface area contributed by atoms with Gasteiger partial charge in [0.25, 0.3) is 11.8 Å². The number of hydrogen-bond acceptors (Lipinski definition) is 6. The van der Waals surface area contributed by atoms with E-state index >= 15 is 0 Å². The molecule has 0 aliphatic carbocycles. The maximum Gasteiger partial charge on any atom is 0.281 e. The van der Waals surface area contributed by atoms with Crippen molar-refractivity contribution in [2.75, 3.05) is 18.2 Å². The minimum Gasteiger partial charge on any atom is -0.467 e. The topological polar surface area (TPSA) is 100 Å². The van der Waals surface area contributed by atoms with Crippen molar-refractivity contribution in [3.8, 4) is 5.75 Å². The summed E-state index contributed by atoms with van der Waals surface area (Å²) in [6.07, 6.45) is 0.789. The van der Waals surface area contributed by atoms with Crippen molar-refractivity contribution in [1.82, 2.24) is 5.32 Å². The highest BCUT2D eigenvalue weighted by molar-refractivity contribution is 6.54. The predicted octanol–water partition coefficient (Wildman–Crippen LogP) is 2.56. The number of anilines is 1. The van der Waals surface area contributed by atoms with E-state index in [0.717, 1.165) is 6.42 Å². The van der Waals surface area contributed by atoms with E-state index in [2.05, 4.69) is 10.5 Å². The first-order chi connectivity index (χ1) is 14.5. The minimum atomic E-state index is -0.552. The van der Waals surface area contributed by atoms with Gasteiger partial charge in [-0.1, -0.05) is 12.1 Å². The van der Waals surface area contributed by atoms with Crippen LogP contribution in [0.25, 0.3) is 0 Å². The van der Waals surface area contributed by atoms with Crippen LogP contribution in [0.5, 0.6) is 5.75 Å². The van der Waals surface area contributed by atoms with Crippen LogP contribution in [0.4, 0.5) is 10.1 Å². The lowest BCUT2D eigenvalue weighted by Gasteiger charge is -2.24. The van der Waals surface area contributed by atoms with E-state index in [-0.39, 0.29) is 31.6 Å². The van der Waals surface area contributed by atoms with Crippen LogP contribution in [0.1, 0.15) is 40.4 Å². The van der Waals surface area contributed by atoms with Gasteiger partial charge in [-0.25, -0.2) is 4.39 Å². The van der Waals surface area contributed by atoms with E-state index in [9.17, 15) is 19.2 Å². The fourth-order valence-electron chi connectivity index (χ4n) is 3.59. The molecule has 0 unspecified atom stereocenters. The standard InChI is InChI=1S/C21H20FN3O5/c1-2-5-23-20(26)12-3-4-16-17(8-12)25(21(27)18(16)24-28)9-13-6-15(22)7-14-10-29-11-30-19(13)14/h3-4,6-8,28H,2,5,9-11H2,1H3,(H,23,26)/b24-18-. The number of benzene rings is 2. The third-order valence-corrected chi connectivity index (χ3v) is 4.97. The smallest absolute Gasteiger partial charge is 0.281 e. The van der Waals surface area contributed by atoms with Crippen molar-refractivity contribution >= 4 is 23.2 Å². The highest BCUT2D eigenvalue weighted by atomic mass is 19.1. The molecule has 0 bridgehead atoms. The number of carbonyl (C=O) groups excluding carboxylic acids is 2. The van der Waals surface area contributed by atoms with Crippen LogP contribution >= 0.6 is 0 Å². The Labute approximate surface area is 171 Å². The molecule has 0 spiro atoms. The molecular formula is C21H20FN3O5. The fraction of sp³-hybridized carbons (Fsp3) is 0.286. The SMILES string of the molecule is CCCNC(=O)c1ccc2c(c1)N(Cc1cc(F)cc3c1OCOC3)C(=O)/C2=N\O. The second kappa shape index (κ2) is 8.11. The Morgan fingerprint density at radius 2 is 2.17 bits per heavy atom. The number of nitrogens with one attached hydrogen (secondary N) is 1. The van der Waals surface area contributed by atoms with E-state index in [1.165, 1.54) is 17.0 Å². The molecule has 2 aliphatic rings. The first kappa shape index (κ1) is 19.8. The molecule has 0 saturated carbocycles. The third-order valence-electron chi connectivity index (χ3n) is 4.97. The maximum atomic E-state index is 14.1. The lowest BCUT2D eigenvalue weighted by molar-refractivity contribution is -0.112. The van der Waals surface area contributed by atoms with E-state index in [0.29, 0.717) is 40.2 Å². The number of amides is 2. The van der Waals surface area contributed by atoms with Crippen LogP contribution in [0.2, 0.25) is 0 Å². The number of nitrogens with zero attached hydrogens (tertiary/aromatic N) is 2. The van der Waals surface area contributed by atoms with Gasteiger partial charge >= 0.3 is 0 Å². The first-order valence-corrected chi connectivity index (χ1v) is 9.51. The predicted molar refractivity (Wildman–Crippen MR) is 105 cm³/mol. The Hall–Kier alpha value is -3.46. The molecule has 2 amide bonds. The number of oxime groups is 1. The average Bonchev–Trinajstić information content (AvgIpc) is 3.02. The zero-order valence-corrected chi connectivity index (χ0v) is 16.3. The summed E-state index contributed by atoms with van der Waals surface area (Å²) in [5.74, 6) is -0.842. The van der Waals surface area contributed by atoms with E-state index in [1.807, 2.05) is 6.92 Å². The van der Waals surface area contributed by atoms with Gasteiger partial charge in [0.15, 0.2) is 12.5 Å². The summed E-state index contributed by atoms with van der Waals surface area (Å²) in [7, 11) is 0. The molecule has 0 saturated heterocycles. The van der Waals surface area contributed by atoms with Crippen LogP contribution < -0.4 is 15.0 Å². The second-order valence-electron chi connectivity index (χ2n) is 6.99. The van der Waals surface area contributed by atoms with Gasteiger partial charge in [-0.05, 0) is 36.8 Å². The summed E-state index contributed by atoms with van der Waals surface area (Å²) >= 11 is 0. The number of carbonyl (C=O) groups is 2. The molecule has 4 rings (SSSR count). The summed E-state index contributed by atoms with van der Waals surface area (Å²) in [6, 6.07) is 7.31. The summed E-state index contributed by atoms with van der Waals surface area (Å²) in [5.41, 5.74) is 2.02. The molecule has 2 heterocycles. The molecule has 0 radical (unpaired) electrons. The number of rotatable bonds is 5. The minimum absolute atomic E-state index is 0.0228. The molecule has 30 heavy (non-hydrogen) atoms. The molecule has 2 aromatic carbocycles. The first-order valence-electron chi connectivity index (χ1n) is 9.51. The monoisotopic (exact) mass is 413 g/mol. The molecule has 8 nitrogen and oxygen atoms in total. The van der Waals surface area contributed by atoms with Crippen LogP contribution in [-0.4, -0.2) is 36.1 Å². The van der Waals surface area contributed by atoms with Crippen molar-refractivity contribution in [2.24, 2.45) is 5.16 Å². The van der Waals surface area contributed by atoms with Crippen molar-refractivity contribution < 1.29 is 28.7 Å². The number of halogens is 1. The zero-order chi connectivity index (χ0) is 21.3. The van der Waals surface area contributed by atoms with Crippen LogP contribution in [0.3, 0.4) is 0 Å². The van der Waals surface area contributed by atoms with Gasteiger partial charge in [-0.2, -0.15) is 0 Å². The molecule has 9 heteroatoms. The van der Waals surface area contributed by atoms with Crippen LogP contribution in [0, 0.1) is 5.82 Å². The highest BCUT2D eigenvalue weighted by Gasteiger charge is 2.36. The van der Waals surface area contributed by atoms with Gasteiger partial charge < -0.3 is 24.9 Å². The van der Waals surface area contributed by atoms with Gasteiger partial charge in [0.1, 0.15) is 11.6 Å². The zero-order valence-electron chi connectivity index (χ0n) is 16.3. The third kappa shape index (κ3) is 3.48. The maximum absolute atomic E-state index is 14.1. The molecule has 2 N–H and O–H groups in total. The van der Waals surface area contributed by atoms with Crippen LogP contribution in [-0.2, 0) is 22.7 Å². The molecule has 156 valence electrons. The Morgan fingerprint density at radius 1 is 1.33 bits per heavy atom. The van der Waals surface area contributed by atoms with Crippen molar-refractivity contribution in [3.63, 3.8) is 0 Å². The van der Waals surface area contributed by atoms with Gasteiger partial charge in [0, 0.05) is 28.8 Å². The lowest BCUT2D eigenvalue weighted by atomic mass is 10.1. The summed E-state index contributed by atoms with van der Waals surface area (Å²) in [4.78, 5) is 26.6. The van der Waals surface area contributed by atoms with Crippen LogP contribution in [0.15, 0.2) is 35.5 Å². The van der Waals surface area contributed by atoms with Gasteiger partial charge in [0.05, 0.1) is 18.8 Å². The van der Waals surface area contributed by atoms with Crippen molar-refractivity contribution in [1.29, 1.82) is 0 Å². The Balaban J connectivity index is 1.73. The number of fused-ring (bicyclic) bond motifs is 2. The second-order valence-corrected chi connectivity index (χ2v) is 6.99. The van der Waals surface area contributed by atoms with E-state index in [4.69, 9.17) is 9.47 Å². The quantitative estimate of drug-likeness (QED) is 0.580. The summed E-state index contributed by atoms with van der Waals surface area (Å²) < 4.78 is 24.8. The lowest BCUT2D eigenvalue weighted by Crippen LogP contribution is -2.30. The molecule has 0 fully saturated rings. The van der Waals surface area contributed by atoms with Gasteiger partial charge in [-0.15, -0.1) is 0 Å². The largest absolute Gasteiger partial charge is 0.467 e. The van der Waals surface area contributed by atoms with Crippen molar-refractivity contribution in [3.05, 3.63) is 58.4 Å². The summed E-state index contributed by atoms with van der Waals surface area (Å²) in [6.45, 7) is 2.68. The molecule has 0 aromatic heterocycles. The Bertz CT molecular complexity index is 1050. The van der Waals surface area contributed by atoms with E-state index in [1.54, 1.807) is 18.2 Å². The van der Waals surface area contributed by atoms with Crippen molar-refractivity contribution in [2.45, 2.75) is 26.5 Å². The Morgan fingerprint density at radius 3 is 2.93 bits per heavy atom. The average molecular weight is 413 g/mol. The molecule has 2 aromatic rings. The van der Waals surface area contributed by atoms with Gasteiger partial charge in [0.2, 0.25) is 0 Å². The summed E-state index contributed by atoms with van der Waals surface area (Å²) in [5, 5.41) is 15.3. The highest BCUT2D eigenvalue weighted by Crippen LogP contribution is 2.36.